The van der Waals surface area contributed by atoms with Crippen molar-refractivity contribution in [2.24, 2.45) is 5.41 Å². The van der Waals surface area contributed by atoms with Gasteiger partial charge in [-0.3, -0.25) is 9.59 Å². The predicted molar refractivity (Wildman–Crippen MR) is 69.0 cm³/mol. The molecule has 5 heteroatoms. The summed E-state index contributed by atoms with van der Waals surface area (Å²) in [6, 6.07) is 1.66. The number of nitrogens with zero attached hydrogens (tertiary/aromatic N) is 1. The van der Waals surface area contributed by atoms with Gasteiger partial charge in [0.15, 0.2) is 0 Å². The number of aryl methyl sites for hydroxylation is 1. The van der Waals surface area contributed by atoms with Crippen molar-refractivity contribution < 1.29 is 19.1 Å². The fourth-order valence-corrected chi connectivity index (χ4v) is 2.56. The number of rotatable bonds is 3. The molecule has 0 bridgehead atoms. The van der Waals surface area contributed by atoms with E-state index < -0.39 is 11.4 Å². The molecule has 0 radical (unpaired) electrons. The van der Waals surface area contributed by atoms with E-state index in [0.29, 0.717) is 37.1 Å². The summed E-state index contributed by atoms with van der Waals surface area (Å²) in [5.74, 6) is -0.307. The number of likely N-dealkylation sites (tertiary alicyclic amines) is 1. The minimum Gasteiger partial charge on any atom is -0.481 e. The zero-order chi connectivity index (χ0) is 14.0. The summed E-state index contributed by atoms with van der Waals surface area (Å²) in [6.45, 7) is 4.49. The Bertz CT molecular complexity index is 493. The molecule has 1 fully saturated rings. The Balaban J connectivity index is 2.18. The fourth-order valence-electron chi connectivity index (χ4n) is 2.56. The molecule has 1 N–H and O–H groups in total. The van der Waals surface area contributed by atoms with E-state index in [4.69, 9.17) is 4.42 Å². The Morgan fingerprint density at radius 1 is 1.53 bits per heavy atom. The highest BCUT2D eigenvalue weighted by molar-refractivity contribution is 5.95. The smallest absolute Gasteiger partial charge is 0.311 e. The highest BCUT2D eigenvalue weighted by atomic mass is 16.4. The summed E-state index contributed by atoms with van der Waals surface area (Å²) in [7, 11) is 0. The number of hydrogen-bond acceptors (Lipinski definition) is 3. The molecule has 2 rings (SSSR count). The zero-order valence-corrected chi connectivity index (χ0v) is 11.3. The first-order chi connectivity index (χ1) is 8.98. The third kappa shape index (κ3) is 2.50. The van der Waals surface area contributed by atoms with Crippen LogP contribution in [0, 0.1) is 5.41 Å². The van der Waals surface area contributed by atoms with Gasteiger partial charge in [0.1, 0.15) is 5.76 Å². The zero-order valence-electron chi connectivity index (χ0n) is 11.3. The molecule has 1 aliphatic rings. The molecule has 1 unspecified atom stereocenters. The Morgan fingerprint density at radius 3 is 2.89 bits per heavy atom. The second kappa shape index (κ2) is 5.07. The topological polar surface area (TPSA) is 70.8 Å². The van der Waals surface area contributed by atoms with Gasteiger partial charge in [0, 0.05) is 19.5 Å². The Morgan fingerprint density at radius 2 is 2.26 bits per heavy atom. The molecule has 1 aliphatic heterocycles. The second-order valence-electron chi connectivity index (χ2n) is 5.31. The highest BCUT2D eigenvalue weighted by Crippen LogP contribution is 2.30. The van der Waals surface area contributed by atoms with Crippen LogP contribution >= 0.6 is 0 Å². The van der Waals surface area contributed by atoms with Gasteiger partial charge in [-0.15, -0.1) is 0 Å². The lowest BCUT2D eigenvalue weighted by Crippen LogP contribution is -2.48. The van der Waals surface area contributed by atoms with E-state index in [2.05, 4.69) is 0 Å². The van der Waals surface area contributed by atoms with Crippen LogP contribution in [0.25, 0.3) is 0 Å². The number of carboxylic acids is 1. The first-order valence-corrected chi connectivity index (χ1v) is 6.57. The SMILES string of the molecule is CCc1occc1C(=O)N1CCCC(C)(C(=O)O)C1. The molecule has 0 aliphatic carbocycles. The summed E-state index contributed by atoms with van der Waals surface area (Å²) in [5, 5.41) is 9.27. The van der Waals surface area contributed by atoms with E-state index in [1.165, 1.54) is 6.26 Å². The van der Waals surface area contributed by atoms with Gasteiger partial charge in [0.2, 0.25) is 0 Å². The lowest BCUT2D eigenvalue weighted by Gasteiger charge is -2.37. The first kappa shape index (κ1) is 13.6. The van der Waals surface area contributed by atoms with Gasteiger partial charge in [0.25, 0.3) is 5.91 Å². The van der Waals surface area contributed by atoms with Crippen molar-refractivity contribution in [3.63, 3.8) is 0 Å². The molecule has 2 heterocycles. The fraction of sp³-hybridized carbons (Fsp3) is 0.571. The summed E-state index contributed by atoms with van der Waals surface area (Å²) in [6.07, 6.45) is 3.48. The average molecular weight is 265 g/mol. The molecule has 1 saturated heterocycles. The van der Waals surface area contributed by atoms with Crippen molar-refractivity contribution in [2.75, 3.05) is 13.1 Å². The van der Waals surface area contributed by atoms with Crippen LogP contribution in [0.5, 0.6) is 0 Å². The molecule has 1 atom stereocenters. The number of aliphatic carboxylic acids is 1. The van der Waals surface area contributed by atoms with E-state index in [9.17, 15) is 14.7 Å². The summed E-state index contributed by atoms with van der Waals surface area (Å²) >= 11 is 0. The molecule has 104 valence electrons. The second-order valence-corrected chi connectivity index (χ2v) is 5.31. The lowest BCUT2D eigenvalue weighted by atomic mass is 9.82. The monoisotopic (exact) mass is 265 g/mol. The van der Waals surface area contributed by atoms with Gasteiger partial charge in [-0.25, -0.2) is 0 Å². The first-order valence-electron chi connectivity index (χ1n) is 6.57. The third-order valence-electron chi connectivity index (χ3n) is 3.80. The van der Waals surface area contributed by atoms with Crippen molar-refractivity contribution in [1.82, 2.24) is 4.90 Å². The minimum absolute atomic E-state index is 0.127. The standard InChI is InChI=1S/C14H19NO4/c1-3-11-10(5-8-19-11)12(16)15-7-4-6-14(2,9-15)13(17)18/h5,8H,3-4,6-7,9H2,1-2H3,(H,17,18). The van der Waals surface area contributed by atoms with E-state index in [1.54, 1.807) is 17.9 Å². The predicted octanol–water partition coefficient (Wildman–Crippen LogP) is 2.17. The highest BCUT2D eigenvalue weighted by Gasteiger charge is 2.39. The lowest BCUT2D eigenvalue weighted by molar-refractivity contribution is -0.150. The van der Waals surface area contributed by atoms with Gasteiger partial charge in [-0.1, -0.05) is 6.92 Å². The molecule has 1 amide bonds. The van der Waals surface area contributed by atoms with Crippen LogP contribution in [0.15, 0.2) is 16.7 Å². The maximum Gasteiger partial charge on any atom is 0.311 e. The van der Waals surface area contributed by atoms with E-state index >= 15 is 0 Å². The minimum atomic E-state index is -0.843. The molecule has 5 nitrogen and oxygen atoms in total. The average Bonchev–Trinajstić information content (AvgIpc) is 2.86. The summed E-state index contributed by atoms with van der Waals surface area (Å²) < 4.78 is 5.26. The third-order valence-corrected chi connectivity index (χ3v) is 3.80. The van der Waals surface area contributed by atoms with Gasteiger partial charge >= 0.3 is 5.97 Å². The number of hydrogen-bond donors (Lipinski definition) is 1. The van der Waals surface area contributed by atoms with Crippen LogP contribution in [0.1, 0.15) is 42.8 Å². The molecular formula is C14H19NO4. The van der Waals surface area contributed by atoms with Crippen LogP contribution in [0.4, 0.5) is 0 Å². The van der Waals surface area contributed by atoms with Gasteiger partial charge in [-0.2, -0.15) is 0 Å². The molecule has 1 aromatic heterocycles. The van der Waals surface area contributed by atoms with E-state index in [1.807, 2.05) is 6.92 Å². The van der Waals surface area contributed by atoms with Crippen molar-refractivity contribution in [1.29, 1.82) is 0 Å². The number of carbonyl (C=O) groups is 2. The van der Waals surface area contributed by atoms with Crippen molar-refractivity contribution in [2.45, 2.75) is 33.1 Å². The Labute approximate surface area is 112 Å². The van der Waals surface area contributed by atoms with Crippen molar-refractivity contribution in [3.05, 3.63) is 23.7 Å². The van der Waals surface area contributed by atoms with Gasteiger partial charge in [-0.05, 0) is 25.8 Å². The van der Waals surface area contributed by atoms with Crippen LogP contribution in [-0.4, -0.2) is 35.0 Å². The molecular weight excluding hydrogens is 246 g/mol. The Hall–Kier alpha value is -1.78. The number of carbonyl (C=O) groups excluding carboxylic acids is 1. The van der Waals surface area contributed by atoms with Crippen molar-refractivity contribution in [3.8, 4) is 0 Å². The quantitative estimate of drug-likeness (QED) is 0.909. The maximum atomic E-state index is 12.4. The normalized spacial score (nSPS) is 23.4. The number of carboxylic acid groups (broad SMARTS) is 1. The largest absolute Gasteiger partial charge is 0.481 e. The van der Waals surface area contributed by atoms with E-state index in [0.717, 1.165) is 0 Å². The van der Waals surface area contributed by atoms with Crippen LogP contribution in [-0.2, 0) is 11.2 Å². The number of piperidine rings is 1. The van der Waals surface area contributed by atoms with Gasteiger partial charge < -0.3 is 14.4 Å². The van der Waals surface area contributed by atoms with E-state index in [-0.39, 0.29) is 12.5 Å². The van der Waals surface area contributed by atoms with Crippen molar-refractivity contribution >= 4 is 11.9 Å². The molecule has 0 aromatic carbocycles. The van der Waals surface area contributed by atoms with Crippen LogP contribution < -0.4 is 0 Å². The molecule has 0 saturated carbocycles. The number of furan rings is 1. The summed E-state index contributed by atoms with van der Waals surface area (Å²) in [4.78, 5) is 25.3. The maximum absolute atomic E-state index is 12.4. The Kier molecular flexibility index (Phi) is 3.64. The molecule has 0 spiro atoms. The molecule has 1 aromatic rings. The molecule has 19 heavy (non-hydrogen) atoms. The summed E-state index contributed by atoms with van der Waals surface area (Å²) in [5.41, 5.74) is -0.290. The van der Waals surface area contributed by atoms with Gasteiger partial charge in [0.05, 0.1) is 17.2 Å². The number of amides is 1. The van der Waals surface area contributed by atoms with Crippen LogP contribution in [0.3, 0.4) is 0 Å². The van der Waals surface area contributed by atoms with Crippen LogP contribution in [0.2, 0.25) is 0 Å².